The fourth-order valence-electron chi connectivity index (χ4n) is 4.65. The van der Waals surface area contributed by atoms with Gasteiger partial charge in [0.1, 0.15) is 5.78 Å². The van der Waals surface area contributed by atoms with Crippen LogP contribution in [0.3, 0.4) is 0 Å². The first-order chi connectivity index (χ1) is 9.15. The van der Waals surface area contributed by atoms with E-state index in [2.05, 4.69) is 13.0 Å². The quantitative estimate of drug-likeness (QED) is 0.622. The molecule has 1 fully saturated rings. The van der Waals surface area contributed by atoms with Gasteiger partial charge in [0, 0.05) is 5.41 Å². The molecule has 0 radical (unpaired) electrons. The van der Waals surface area contributed by atoms with Gasteiger partial charge in [-0.3, -0.25) is 4.79 Å². The number of ether oxygens (including phenoxy) is 1. The van der Waals surface area contributed by atoms with Crippen molar-refractivity contribution in [1.82, 2.24) is 0 Å². The molecule has 0 aromatic carbocycles. The molecule has 4 nitrogen and oxygen atoms in total. The van der Waals surface area contributed by atoms with E-state index in [0.29, 0.717) is 12.8 Å². The first-order valence-corrected chi connectivity index (χ1v) is 7.12. The van der Waals surface area contributed by atoms with Crippen molar-refractivity contribution in [2.24, 2.45) is 16.7 Å². The van der Waals surface area contributed by atoms with Gasteiger partial charge in [0.25, 0.3) is 0 Å². The van der Waals surface area contributed by atoms with Gasteiger partial charge in [-0.1, -0.05) is 25.5 Å². The highest BCUT2D eigenvalue weighted by atomic mass is 16.5. The van der Waals surface area contributed by atoms with Crippen molar-refractivity contribution >= 4 is 11.8 Å². The number of allylic oxidation sites excluding steroid dienone is 2. The van der Waals surface area contributed by atoms with Gasteiger partial charge in [-0.25, -0.2) is 4.79 Å². The molecular formula is C16H24O4. The summed E-state index contributed by atoms with van der Waals surface area (Å²) < 4.78 is 4.82. The van der Waals surface area contributed by atoms with E-state index in [1.807, 2.05) is 13.8 Å². The van der Waals surface area contributed by atoms with Crippen LogP contribution in [0.2, 0.25) is 0 Å². The highest BCUT2D eigenvalue weighted by molar-refractivity contribution is 5.94. The van der Waals surface area contributed by atoms with Crippen molar-refractivity contribution in [3.63, 3.8) is 0 Å². The molecule has 20 heavy (non-hydrogen) atoms. The van der Waals surface area contributed by atoms with Crippen LogP contribution in [0, 0.1) is 16.7 Å². The predicted octanol–water partition coefficient (Wildman–Crippen LogP) is 2.25. The van der Waals surface area contributed by atoms with Gasteiger partial charge in [0.05, 0.1) is 13.0 Å². The van der Waals surface area contributed by atoms with Crippen LogP contribution in [0.25, 0.3) is 0 Å². The van der Waals surface area contributed by atoms with E-state index in [1.54, 1.807) is 0 Å². The lowest BCUT2D eigenvalue weighted by atomic mass is 9.33. The lowest BCUT2D eigenvalue weighted by Gasteiger charge is -2.70. The second kappa shape index (κ2) is 4.42. The second-order valence-electron chi connectivity index (χ2n) is 6.86. The Morgan fingerprint density at radius 3 is 2.40 bits per heavy atom. The minimum Gasteiger partial charge on any atom is -0.467 e. The smallest absolute Gasteiger partial charge is 0.339 e. The van der Waals surface area contributed by atoms with Crippen LogP contribution in [-0.4, -0.2) is 29.6 Å². The van der Waals surface area contributed by atoms with Crippen molar-refractivity contribution in [1.29, 1.82) is 0 Å². The summed E-state index contributed by atoms with van der Waals surface area (Å²) in [5.74, 6) is -1.53. The first-order valence-electron chi connectivity index (χ1n) is 7.12. The van der Waals surface area contributed by atoms with Crippen molar-refractivity contribution < 1.29 is 19.4 Å². The third kappa shape index (κ3) is 1.51. The lowest BCUT2D eigenvalue weighted by molar-refractivity contribution is -0.294. The number of hydrogen-bond acceptors (Lipinski definition) is 4. The molecule has 0 bridgehead atoms. The Morgan fingerprint density at radius 1 is 1.40 bits per heavy atom. The third-order valence-corrected chi connectivity index (χ3v) is 5.75. The maximum Gasteiger partial charge on any atom is 0.339 e. The number of ketones is 1. The second-order valence-corrected chi connectivity index (χ2v) is 6.86. The van der Waals surface area contributed by atoms with E-state index in [9.17, 15) is 14.7 Å². The minimum absolute atomic E-state index is 0.153. The molecule has 1 spiro atoms. The molecule has 2 rings (SSSR count). The van der Waals surface area contributed by atoms with Crippen LogP contribution in [-0.2, 0) is 14.3 Å². The Hall–Kier alpha value is -1.16. The Labute approximate surface area is 120 Å². The van der Waals surface area contributed by atoms with Crippen LogP contribution in [0.5, 0.6) is 0 Å². The summed E-state index contributed by atoms with van der Waals surface area (Å²) in [6, 6.07) is 0. The van der Waals surface area contributed by atoms with Gasteiger partial charge >= 0.3 is 5.97 Å². The third-order valence-electron chi connectivity index (χ3n) is 5.75. The molecule has 2 aliphatic rings. The van der Waals surface area contributed by atoms with Crippen LogP contribution in [0.15, 0.2) is 11.6 Å². The van der Waals surface area contributed by atoms with Crippen molar-refractivity contribution in [2.45, 2.75) is 52.6 Å². The number of rotatable bonds is 2. The van der Waals surface area contributed by atoms with E-state index in [1.165, 1.54) is 19.6 Å². The van der Waals surface area contributed by atoms with E-state index >= 15 is 0 Å². The molecule has 0 aliphatic heterocycles. The maximum absolute atomic E-state index is 12.2. The molecule has 0 aromatic heterocycles. The van der Waals surface area contributed by atoms with Gasteiger partial charge in [-0.05, 0) is 38.5 Å². The van der Waals surface area contributed by atoms with Crippen LogP contribution < -0.4 is 0 Å². The number of methoxy groups -OCH3 is 1. The molecule has 0 saturated heterocycles. The number of aliphatic hydroxyl groups is 1. The van der Waals surface area contributed by atoms with E-state index in [0.717, 1.165) is 6.42 Å². The molecule has 112 valence electrons. The molecule has 3 atom stereocenters. The Kier molecular flexibility index (Phi) is 3.36. The first kappa shape index (κ1) is 15.2. The SMILES string of the molecule is COC(=O)C1(O)C(C(C)=O)C(C)(C)C12CC=C(C)CC2. The van der Waals surface area contributed by atoms with Gasteiger partial charge < -0.3 is 9.84 Å². The zero-order chi connectivity index (χ0) is 15.3. The van der Waals surface area contributed by atoms with Crippen molar-refractivity contribution in [3.8, 4) is 0 Å². The Bertz CT molecular complexity index is 491. The number of carbonyl (C=O) groups excluding carboxylic acids is 2. The summed E-state index contributed by atoms with van der Waals surface area (Å²) in [4.78, 5) is 24.2. The van der Waals surface area contributed by atoms with Crippen LogP contribution >= 0.6 is 0 Å². The molecule has 1 saturated carbocycles. The number of esters is 1. The molecule has 3 unspecified atom stereocenters. The number of hydrogen-bond donors (Lipinski definition) is 1. The van der Waals surface area contributed by atoms with Gasteiger partial charge in [-0.15, -0.1) is 0 Å². The lowest BCUT2D eigenvalue weighted by Crippen LogP contribution is -2.80. The fraction of sp³-hybridized carbons (Fsp3) is 0.750. The van der Waals surface area contributed by atoms with Crippen LogP contribution in [0.4, 0.5) is 0 Å². The molecule has 0 heterocycles. The largest absolute Gasteiger partial charge is 0.467 e. The zero-order valence-electron chi connectivity index (χ0n) is 12.9. The van der Waals surface area contributed by atoms with E-state index in [-0.39, 0.29) is 5.78 Å². The summed E-state index contributed by atoms with van der Waals surface area (Å²) in [6.45, 7) is 7.45. The van der Waals surface area contributed by atoms with Gasteiger partial charge in [0.2, 0.25) is 0 Å². The van der Waals surface area contributed by atoms with Crippen LogP contribution in [0.1, 0.15) is 47.0 Å². The Balaban J connectivity index is 2.54. The summed E-state index contributed by atoms with van der Waals surface area (Å²) in [6.07, 6.45) is 4.24. The van der Waals surface area contributed by atoms with Gasteiger partial charge in [0.15, 0.2) is 5.60 Å². The maximum atomic E-state index is 12.2. The standard InChI is InChI=1S/C16H24O4/c1-10-6-8-15(9-7-10)14(3,4)12(11(2)17)16(15,19)13(18)20-5/h6,12,19H,7-9H2,1-5H3. The summed E-state index contributed by atoms with van der Waals surface area (Å²) >= 11 is 0. The zero-order valence-corrected chi connectivity index (χ0v) is 12.9. The molecule has 0 amide bonds. The van der Waals surface area contributed by atoms with Gasteiger partial charge in [-0.2, -0.15) is 0 Å². The molecular weight excluding hydrogens is 256 g/mol. The fourth-order valence-corrected chi connectivity index (χ4v) is 4.65. The normalized spacial score (nSPS) is 38.9. The van der Waals surface area contributed by atoms with Crippen molar-refractivity contribution in [2.75, 3.05) is 7.11 Å². The summed E-state index contributed by atoms with van der Waals surface area (Å²) in [7, 11) is 1.26. The van der Waals surface area contributed by atoms with E-state index in [4.69, 9.17) is 4.74 Å². The monoisotopic (exact) mass is 280 g/mol. The molecule has 0 aromatic rings. The summed E-state index contributed by atoms with van der Waals surface area (Å²) in [5, 5.41) is 11.1. The minimum atomic E-state index is -1.70. The van der Waals surface area contributed by atoms with E-state index < -0.39 is 28.3 Å². The average molecular weight is 280 g/mol. The number of carbonyl (C=O) groups is 2. The molecule has 1 N–H and O–H groups in total. The van der Waals surface area contributed by atoms with Crippen molar-refractivity contribution in [3.05, 3.63) is 11.6 Å². The number of Topliss-reactive ketones (excluding diaryl/α,β-unsaturated/α-hetero) is 1. The topological polar surface area (TPSA) is 63.6 Å². The predicted molar refractivity (Wildman–Crippen MR) is 75.0 cm³/mol. The highest BCUT2D eigenvalue weighted by Crippen LogP contribution is 2.71. The summed E-state index contributed by atoms with van der Waals surface area (Å²) in [5.41, 5.74) is -1.46. The average Bonchev–Trinajstić information content (AvgIpc) is 2.37. The molecule has 2 aliphatic carbocycles. The Morgan fingerprint density at radius 2 is 2.00 bits per heavy atom. The highest BCUT2D eigenvalue weighted by Gasteiger charge is 2.80. The molecule has 4 heteroatoms.